The van der Waals surface area contributed by atoms with Gasteiger partial charge in [-0.1, -0.05) is 5.11 Å². The van der Waals surface area contributed by atoms with E-state index in [2.05, 4.69) is 10.0 Å². The molecule has 0 aliphatic carbocycles. The number of nitrogens with zero attached hydrogens (tertiary/aromatic N) is 3. The van der Waals surface area contributed by atoms with Crippen molar-refractivity contribution in [3.05, 3.63) is 10.4 Å². The van der Waals surface area contributed by atoms with Gasteiger partial charge >= 0.3 is 0 Å². The number of ether oxygens (including phenoxy) is 1. The smallest absolute Gasteiger partial charge is 0.218 e. The number of rotatable bonds is 2. The maximum Gasteiger partial charge on any atom is 0.218 e. The minimum atomic E-state index is -2.19. The first-order valence-corrected chi connectivity index (χ1v) is 3.92. The zero-order chi connectivity index (χ0) is 10.8. The van der Waals surface area contributed by atoms with Crippen LogP contribution >= 0.6 is 0 Å². The molecule has 1 heterocycles. The highest BCUT2D eigenvalue weighted by Crippen LogP contribution is 2.24. The number of azide groups is 1. The number of aliphatic hydroxyl groups excluding tert-OH is 3. The molecule has 1 saturated heterocycles. The molecule has 0 aromatic rings. The molecule has 0 spiro atoms. The monoisotopic (exact) mass is 205 g/mol. The molecule has 14 heavy (non-hydrogen) atoms. The Labute approximate surface area is 79.0 Å². The summed E-state index contributed by atoms with van der Waals surface area (Å²) in [7, 11) is 0. The lowest BCUT2D eigenvalue weighted by atomic mass is 9.96. The summed E-state index contributed by atoms with van der Waals surface area (Å²) >= 11 is 0. The molecule has 1 aliphatic heterocycles. The molecule has 4 N–H and O–H groups in total. The van der Waals surface area contributed by atoms with Crippen molar-refractivity contribution in [3.8, 4) is 0 Å². The van der Waals surface area contributed by atoms with E-state index in [4.69, 9.17) is 15.4 Å². The Morgan fingerprint density at radius 3 is 2.71 bits per heavy atom. The average Bonchev–Trinajstić information content (AvgIpc) is 2.19. The first kappa shape index (κ1) is 11.2. The highest BCUT2D eigenvalue weighted by atomic mass is 16.7. The van der Waals surface area contributed by atoms with Gasteiger partial charge < -0.3 is 25.2 Å². The summed E-state index contributed by atoms with van der Waals surface area (Å²) in [6, 6.07) is -0.971. The van der Waals surface area contributed by atoms with Crippen LogP contribution in [0.4, 0.5) is 0 Å². The van der Waals surface area contributed by atoms with E-state index in [1.54, 1.807) is 0 Å². The third kappa shape index (κ3) is 1.80. The minimum absolute atomic E-state index is 0.265. The van der Waals surface area contributed by atoms with Gasteiger partial charge in [0, 0.05) is 4.91 Å². The Morgan fingerprint density at radius 2 is 2.21 bits per heavy atom. The van der Waals surface area contributed by atoms with Crippen LogP contribution in [0.15, 0.2) is 5.11 Å². The second kappa shape index (κ2) is 4.09. The quantitative estimate of drug-likeness (QED) is 0.237. The van der Waals surface area contributed by atoms with E-state index in [1.165, 1.54) is 0 Å². The van der Waals surface area contributed by atoms with Gasteiger partial charge in [-0.3, -0.25) is 0 Å². The SMILES string of the molecule is [N-]=[N+]=N[C@H]1CO[C@](O)(CO)C(O)C1O. The molecule has 1 fully saturated rings. The van der Waals surface area contributed by atoms with Crippen LogP contribution in [-0.2, 0) is 4.74 Å². The molecule has 0 radical (unpaired) electrons. The molecule has 8 nitrogen and oxygen atoms in total. The van der Waals surface area contributed by atoms with Crippen molar-refractivity contribution in [2.75, 3.05) is 13.2 Å². The zero-order valence-electron chi connectivity index (χ0n) is 7.19. The summed E-state index contributed by atoms with van der Waals surface area (Å²) in [5.74, 6) is -2.19. The topological polar surface area (TPSA) is 139 Å². The standard InChI is InChI=1S/C6H11N3O5/c7-9-8-3-1-14-6(13,2-10)5(12)4(3)11/h3-5,10-13H,1-2H2/t3-,4?,5?,6+/m0/s1. The molecule has 4 atom stereocenters. The van der Waals surface area contributed by atoms with Gasteiger partial charge in [0.15, 0.2) is 0 Å². The third-order valence-electron chi connectivity index (χ3n) is 2.11. The fourth-order valence-electron chi connectivity index (χ4n) is 1.20. The van der Waals surface area contributed by atoms with Crippen molar-refractivity contribution >= 4 is 0 Å². The van der Waals surface area contributed by atoms with Crippen molar-refractivity contribution in [1.82, 2.24) is 0 Å². The van der Waals surface area contributed by atoms with Crippen LogP contribution in [0.25, 0.3) is 10.4 Å². The molecule has 0 amide bonds. The molecule has 1 rings (SSSR count). The second-order valence-corrected chi connectivity index (χ2v) is 3.02. The summed E-state index contributed by atoms with van der Waals surface area (Å²) in [5.41, 5.74) is 8.11. The third-order valence-corrected chi connectivity index (χ3v) is 2.11. The lowest BCUT2D eigenvalue weighted by molar-refractivity contribution is -0.315. The summed E-state index contributed by atoms with van der Waals surface area (Å²) < 4.78 is 4.69. The van der Waals surface area contributed by atoms with Gasteiger partial charge in [0.05, 0.1) is 25.4 Å². The predicted octanol–water partition coefficient (Wildman–Crippen LogP) is -1.90. The Morgan fingerprint density at radius 1 is 1.57 bits per heavy atom. The molecule has 0 aromatic heterocycles. The zero-order valence-corrected chi connectivity index (χ0v) is 7.19. The van der Waals surface area contributed by atoms with E-state index in [0.29, 0.717) is 0 Å². The van der Waals surface area contributed by atoms with Crippen molar-refractivity contribution in [2.45, 2.75) is 24.0 Å². The van der Waals surface area contributed by atoms with Crippen LogP contribution in [0.1, 0.15) is 0 Å². The normalized spacial score (nSPS) is 43.0. The van der Waals surface area contributed by atoms with Gasteiger partial charge in [0.2, 0.25) is 5.79 Å². The molecule has 0 bridgehead atoms. The van der Waals surface area contributed by atoms with Crippen LogP contribution in [0.2, 0.25) is 0 Å². The molecular formula is C6H11N3O5. The molecule has 0 saturated carbocycles. The Kier molecular flexibility index (Phi) is 3.27. The molecular weight excluding hydrogens is 194 g/mol. The van der Waals surface area contributed by atoms with Gasteiger partial charge in [0.1, 0.15) is 6.10 Å². The fraction of sp³-hybridized carbons (Fsp3) is 1.00. The highest BCUT2D eigenvalue weighted by molar-refractivity contribution is 4.94. The van der Waals surface area contributed by atoms with E-state index >= 15 is 0 Å². The lowest BCUT2D eigenvalue weighted by Crippen LogP contribution is -2.62. The van der Waals surface area contributed by atoms with E-state index in [9.17, 15) is 15.3 Å². The van der Waals surface area contributed by atoms with Crippen LogP contribution < -0.4 is 0 Å². The number of aliphatic hydroxyl groups is 4. The maximum absolute atomic E-state index is 9.39. The van der Waals surface area contributed by atoms with Gasteiger partial charge in [0.25, 0.3) is 0 Å². The van der Waals surface area contributed by atoms with Gasteiger partial charge in [-0.15, -0.1) is 0 Å². The largest absolute Gasteiger partial charge is 0.391 e. The van der Waals surface area contributed by atoms with Crippen LogP contribution in [0.3, 0.4) is 0 Å². The van der Waals surface area contributed by atoms with Gasteiger partial charge in [-0.05, 0) is 5.53 Å². The Bertz CT molecular complexity index is 256. The molecule has 0 aromatic carbocycles. The lowest BCUT2D eigenvalue weighted by Gasteiger charge is -2.40. The Balaban J connectivity index is 2.78. The maximum atomic E-state index is 9.39. The van der Waals surface area contributed by atoms with E-state index in [0.717, 1.165) is 0 Å². The number of hydrogen-bond acceptors (Lipinski definition) is 6. The van der Waals surface area contributed by atoms with Gasteiger partial charge in [-0.25, -0.2) is 0 Å². The highest BCUT2D eigenvalue weighted by Gasteiger charge is 2.48. The van der Waals surface area contributed by atoms with Gasteiger partial charge in [-0.2, -0.15) is 0 Å². The predicted molar refractivity (Wildman–Crippen MR) is 42.9 cm³/mol. The van der Waals surface area contributed by atoms with Crippen molar-refractivity contribution in [3.63, 3.8) is 0 Å². The van der Waals surface area contributed by atoms with Crippen molar-refractivity contribution in [1.29, 1.82) is 0 Å². The summed E-state index contributed by atoms with van der Waals surface area (Å²) in [6.45, 7) is -1.12. The number of hydrogen-bond donors (Lipinski definition) is 4. The van der Waals surface area contributed by atoms with Crippen LogP contribution in [0, 0.1) is 0 Å². The molecule has 1 aliphatic rings. The van der Waals surface area contributed by atoms with Crippen molar-refractivity contribution in [2.24, 2.45) is 5.11 Å². The summed E-state index contributed by atoms with van der Waals surface area (Å²) in [5, 5.41) is 40.0. The molecule has 80 valence electrons. The summed E-state index contributed by atoms with van der Waals surface area (Å²) in [6.07, 6.45) is -3.17. The first-order valence-electron chi connectivity index (χ1n) is 3.92. The van der Waals surface area contributed by atoms with Crippen molar-refractivity contribution < 1.29 is 25.2 Å². The second-order valence-electron chi connectivity index (χ2n) is 3.02. The fourth-order valence-corrected chi connectivity index (χ4v) is 1.20. The van der Waals surface area contributed by atoms with Crippen LogP contribution in [-0.4, -0.2) is 57.7 Å². The van der Waals surface area contributed by atoms with E-state index < -0.39 is 30.6 Å². The first-order chi connectivity index (χ1) is 6.55. The molecule has 2 unspecified atom stereocenters. The average molecular weight is 205 g/mol. The Hall–Kier alpha value is -0.890. The van der Waals surface area contributed by atoms with Crippen LogP contribution in [0.5, 0.6) is 0 Å². The van der Waals surface area contributed by atoms with E-state index in [-0.39, 0.29) is 6.61 Å². The molecule has 8 heteroatoms. The van der Waals surface area contributed by atoms with E-state index in [1.807, 2.05) is 0 Å². The minimum Gasteiger partial charge on any atom is -0.391 e. The summed E-state index contributed by atoms with van der Waals surface area (Å²) in [4.78, 5) is 2.45.